The van der Waals surface area contributed by atoms with Gasteiger partial charge >= 0.3 is 0 Å². The van der Waals surface area contributed by atoms with Gasteiger partial charge in [-0.05, 0) is 42.2 Å². The van der Waals surface area contributed by atoms with Gasteiger partial charge in [-0.15, -0.1) is 0 Å². The van der Waals surface area contributed by atoms with Crippen molar-refractivity contribution in [2.75, 3.05) is 0 Å². The summed E-state index contributed by atoms with van der Waals surface area (Å²) in [6.45, 7) is 2.05. The zero-order chi connectivity index (χ0) is 12.5. The lowest BCUT2D eigenvalue weighted by Crippen LogP contribution is -2.33. The number of rotatable bonds is 4. The van der Waals surface area contributed by atoms with Crippen LogP contribution in [-0.4, -0.2) is 17.2 Å². The predicted molar refractivity (Wildman–Crippen MR) is 74.5 cm³/mol. The number of hydrogen-bond acceptors (Lipinski definition) is 2. The molecule has 94 valence electrons. The van der Waals surface area contributed by atoms with E-state index >= 15 is 0 Å². The highest BCUT2D eigenvalue weighted by molar-refractivity contribution is 5.83. The van der Waals surface area contributed by atoms with Crippen LogP contribution in [0.2, 0.25) is 0 Å². The monoisotopic (exact) mass is 241 g/mol. The van der Waals surface area contributed by atoms with Crippen LogP contribution in [-0.2, 0) is 0 Å². The van der Waals surface area contributed by atoms with Crippen molar-refractivity contribution in [2.45, 2.75) is 38.0 Å². The van der Waals surface area contributed by atoms with Crippen LogP contribution in [0.15, 0.2) is 42.5 Å². The molecular weight excluding hydrogens is 222 g/mol. The number of hydrogen-bond donors (Lipinski definition) is 2. The van der Waals surface area contributed by atoms with E-state index < -0.39 is 6.10 Å². The quantitative estimate of drug-likeness (QED) is 0.862. The molecule has 0 aliphatic heterocycles. The molecule has 1 aliphatic carbocycles. The number of aliphatic hydroxyl groups is 1. The van der Waals surface area contributed by atoms with Gasteiger partial charge in [0.2, 0.25) is 0 Å². The summed E-state index contributed by atoms with van der Waals surface area (Å²) in [5.41, 5.74) is 0.995. The van der Waals surface area contributed by atoms with E-state index in [4.69, 9.17) is 0 Å². The van der Waals surface area contributed by atoms with Crippen LogP contribution in [0.4, 0.5) is 0 Å². The van der Waals surface area contributed by atoms with Crippen LogP contribution in [0, 0.1) is 0 Å². The Morgan fingerprint density at radius 1 is 1.11 bits per heavy atom. The van der Waals surface area contributed by atoms with Crippen molar-refractivity contribution in [1.82, 2.24) is 5.32 Å². The first-order valence-electron chi connectivity index (χ1n) is 6.67. The van der Waals surface area contributed by atoms with Crippen molar-refractivity contribution in [3.05, 3.63) is 48.0 Å². The van der Waals surface area contributed by atoms with E-state index in [9.17, 15) is 5.11 Å². The molecule has 2 atom stereocenters. The average molecular weight is 241 g/mol. The second-order valence-electron chi connectivity index (χ2n) is 5.28. The Labute approximate surface area is 108 Å². The van der Waals surface area contributed by atoms with Gasteiger partial charge in [0.15, 0.2) is 0 Å². The number of nitrogens with one attached hydrogen (secondary N) is 1. The largest absolute Gasteiger partial charge is 0.387 e. The molecule has 18 heavy (non-hydrogen) atoms. The number of fused-ring (bicyclic) bond motifs is 1. The molecule has 2 heteroatoms. The zero-order valence-corrected chi connectivity index (χ0v) is 10.6. The third kappa shape index (κ3) is 2.40. The standard InChI is InChI=1S/C16H19NO/c1-11(17-15-8-9-15)16(18)14-7-6-12-4-2-3-5-13(12)10-14/h2-7,10-11,15-18H,8-9H2,1H3. The Hall–Kier alpha value is -1.38. The van der Waals surface area contributed by atoms with Gasteiger partial charge in [0.25, 0.3) is 0 Å². The highest BCUT2D eigenvalue weighted by Crippen LogP contribution is 2.25. The van der Waals surface area contributed by atoms with Crippen LogP contribution in [0.25, 0.3) is 10.8 Å². The van der Waals surface area contributed by atoms with Crippen LogP contribution in [0.1, 0.15) is 31.4 Å². The van der Waals surface area contributed by atoms with E-state index in [-0.39, 0.29) is 6.04 Å². The van der Waals surface area contributed by atoms with Gasteiger partial charge in [0.1, 0.15) is 0 Å². The molecule has 2 unspecified atom stereocenters. The molecule has 1 fully saturated rings. The molecule has 3 rings (SSSR count). The van der Waals surface area contributed by atoms with Gasteiger partial charge in [0.05, 0.1) is 6.10 Å². The van der Waals surface area contributed by atoms with Crippen LogP contribution >= 0.6 is 0 Å². The smallest absolute Gasteiger partial charge is 0.0940 e. The topological polar surface area (TPSA) is 32.3 Å². The van der Waals surface area contributed by atoms with Crippen LogP contribution in [0.5, 0.6) is 0 Å². The molecule has 2 aromatic carbocycles. The molecule has 0 aromatic heterocycles. The molecule has 2 aromatic rings. The number of aliphatic hydroxyl groups excluding tert-OH is 1. The SMILES string of the molecule is CC(NC1CC1)C(O)c1ccc2ccccc2c1. The van der Waals surface area contributed by atoms with Crippen molar-refractivity contribution in [3.63, 3.8) is 0 Å². The minimum atomic E-state index is -0.435. The van der Waals surface area contributed by atoms with E-state index in [2.05, 4.69) is 36.5 Å². The van der Waals surface area contributed by atoms with E-state index in [0.717, 1.165) is 5.56 Å². The molecule has 2 nitrogen and oxygen atoms in total. The van der Waals surface area contributed by atoms with Crippen LogP contribution < -0.4 is 5.32 Å². The van der Waals surface area contributed by atoms with Crippen molar-refractivity contribution in [3.8, 4) is 0 Å². The summed E-state index contributed by atoms with van der Waals surface area (Å²) in [4.78, 5) is 0. The maximum absolute atomic E-state index is 10.4. The fourth-order valence-electron chi connectivity index (χ4n) is 2.39. The maximum atomic E-state index is 10.4. The lowest BCUT2D eigenvalue weighted by atomic mass is 10.00. The van der Waals surface area contributed by atoms with Crippen molar-refractivity contribution >= 4 is 10.8 Å². The summed E-state index contributed by atoms with van der Waals surface area (Å²) in [6, 6.07) is 15.2. The maximum Gasteiger partial charge on any atom is 0.0940 e. The Balaban J connectivity index is 1.83. The van der Waals surface area contributed by atoms with Gasteiger partial charge in [-0.2, -0.15) is 0 Å². The van der Waals surface area contributed by atoms with Gasteiger partial charge in [-0.25, -0.2) is 0 Å². The first kappa shape index (κ1) is 11.7. The Bertz CT molecular complexity index is 548. The fourth-order valence-corrected chi connectivity index (χ4v) is 2.39. The molecule has 0 saturated heterocycles. The third-order valence-corrected chi connectivity index (χ3v) is 3.66. The van der Waals surface area contributed by atoms with E-state index in [0.29, 0.717) is 6.04 Å². The summed E-state index contributed by atoms with van der Waals surface area (Å²) >= 11 is 0. The molecule has 0 spiro atoms. The normalized spacial score (nSPS) is 18.8. The van der Waals surface area contributed by atoms with Gasteiger partial charge in [0, 0.05) is 12.1 Å². The summed E-state index contributed by atoms with van der Waals surface area (Å²) < 4.78 is 0. The molecule has 0 bridgehead atoms. The minimum Gasteiger partial charge on any atom is -0.387 e. The second-order valence-corrected chi connectivity index (χ2v) is 5.28. The van der Waals surface area contributed by atoms with Gasteiger partial charge in [-0.1, -0.05) is 36.4 Å². The molecule has 1 aliphatic rings. The lowest BCUT2D eigenvalue weighted by Gasteiger charge is -2.20. The Morgan fingerprint density at radius 2 is 1.83 bits per heavy atom. The third-order valence-electron chi connectivity index (χ3n) is 3.66. The molecule has 1 saturated carbocycles. The molecular formula is C16H19NO. The zero-order valence-electron chi connectivity index (χ0n) is 10.6. The van der Waals surface area contributed by atoms with Gasteiger partial charge in [-0.3, -0.25) is 0 Å². The highest BCUT2D eigenvalue weighted by Gasteiger charge is 2.26. The van der Waals surface area contributed by atoms with E-state index in [1.54, 1.807) is 0 Å². The number of benzene rings is 2. The van der Waals surface area contributed by atoms with E-state index in [1.165, 1.54) is 23.6 Å². The second kappa shape index (κ2) is 4.71. The first-order chi connectivity index (χ1) is 8.74. The van der Waals surface area contributed by atoms with Crippen molar-refractivity contribution in [2.24, 2.45) is 0 Å². The molecule has 0 radical (unpaired) electrons. The Kier molecular flexibility index (Phi) is 3.06. The minimum absolute atomic E-state index is 0.110. The lowest BCUT2D eigenvalue weighted by molar-refractivity contribution is 0.135. The summed E-state index contributed by atoms with van der Waals surface area (Å²) in [5, 5.41) is 16.2. The van der Waals surface area contributed by atoms with Crippen LogP contribution in [0.3, 0.4) is 0 Å². The van der Waals surface area contributed by atoms with Gasteiger partial charge < -0.3 is 10.4 Å². The first-order valence-corrected chi connectivity index (χ1v) is 6.67. The molecule has 0 amide bonds. The van der Waals surface area contributed by atoms with Crippen molar-refractivity contribution in [1.29, 1.82) is 0 Å². The molecule has 0 heterocycles. The summed E-state index contributed by atoms with van der Waals surface area (Å²) in [7, 11) is 0. The average Bonchev–Trinajstić information content (AvgIpc) is 3.21. The Morgan fingerprint density at radius 3 is 2.56 bits per heavy atom. The van der Waals surface area contributed by atoms with Crippen molar-refractivity contribution < 1.29 is 5.11 Å². The summed E-state index contributed by atoms with van der Waals surface area (Å²) in [6.07, 6.45) is 2.05. The molecule has 2 N–H and O–H groups in total. The predicted octanol–water partition coefficient (Wildman–Crippen LogP) is 3.01. The van der Waals surface area contributed by atoms with E-state index in [1.807, 2.05) is 18.2 Å². The summed E-state index contributed by atoms with van der Waals surface area (Å²) in [5.74, 6) is 0. The fraction of sp³-hybridized carbons (Fsp3) is 0.375. The highest BCUT2D eigenvalue weighted by atomic mass is 16.3.